The molecule has 2 fully saturated rings. The van der Waals surface area contributed by atoms with Gasteiger partial charge in [0.1, 0.15) is 0 Å². The van der Waals surface area contributed by atoms with Crippen LogP contribution in [0.1, 0.15) is 44.9 Å². The number of aliphatic hydroxyl groups is 1. The first kappa shape index (κ1) is 9.47. The fourth-order valence-corrected chi connectivity index (χ4v) is 2.87. The molecule has 76 valence electrons. The van der Waals surface area contributed by atoms with Crippen LogP contribution in [0.2, 0.25) is 0 Å². The Balaban J connectivity index is 1.81. The fourth-order valence-electron chi connectivity index (χ4n) is 2.87. The summed E-state index contributed by atoms with van der Waals surface area (Å²) < 4.78 is 0. The monoisotopic (exact) mass is 183 g/mol. The maximum atomic E-state index is 10.2. The molecular formula is C11H21NO. The Kier molecular flexibility index (Phi) is 2.89. The van der Waals surface area contributed by atoms with Crippen LogP contribution in [0, 0.1) is 5.92 Å². The van der Waals surface area contributed by atoms with Crippen LogP contribution in [0.5, 0.6) is 0 Å². The maximum absolute atomic E-state index is 10.2. The zero-order chi connectivity index (χ0) is 9.15. The minimum Gasteiger partial charge on any atom is -0.390 e. The van der Waals surface area contributed by atoms with Gasteiger partial charge in [0.2, 0.25) is 0 Å². The van der Waals surface area contributed by atoms with Crippen molar-refractivity contribution in [3.8, 4) is 0 Å². The Hall–Kier alpha value is -0.0800. The average Bonchev–Trinajstić information content (AvgIpc) is 2.54. The van der Waals surface area contributed by atoms with Gasteiger partial charge in [-0.05, 0) is 51.1 Å². The van der Waals surface area contributed by atoms with E-state index in [0.29, 0.717) is 0 Å². The van der Waals surface area contributed by atoms with Crippen molar-refractivity contribution in [2.24, 2.45) is 5.92 Å². The number of nitrogens with one attached hydrogen (secondary N) is 1. The van der Waals surface area contributed by atoms with Crippen molar-refractivity contribution in [3.63, 3.8) is 0 Å². The molecule has 2 rings (SSSR count). The first-order valence-corrected chi connectivity index (χ1v) is 5.72. The fraction of sp³-hybridized carbons (Fsp3) is 1.00. The van der Waals surface area contributed by atoms with E-state index in [0.717, 1.165) is 31.7 Å². The molecule has 0 aromatic rings. The minimum absolute atomic E-state index is 0.288. The van der Waals surface area contributed by atoms with Gasteiger partial charge in [-0.2, -0.15) is 0 Å². The molecule has 0 amide bonds. The molecule has 0 aromatic heterocycles. The average molecular weight is 183 g/mol. The van der Waals surface area contributed by atoms with E-state index in [-0.39, 0.29) is 5.60 Å². The van der Waals surface area contributed by atoms with Crippen molar-refractivity contribution in [2.75, 3.05) is 13.1 Å². The molecule has 1 saturated carbocycles. The number of rotatable bonds is 2. The third-order valence-corrected chi connectivity index (χ3v) is 3.60. The van der Waals surface area contributed by atoms with Gasteiger partial charge in [0.05, 0.1) is 5.60 Å². The van der Waals surface area contributed by atoms with Gasteiger partial charge in [0, 0.05) is 0 Å². The van der Waals surface area contributed by atoms with Gasteiger partial charge in [-0.25, -0.2) is 0 Å². The predicted octanol–water partition coefficient (Wildman–Crippen LogP) is 1.68. The molecule has 1 saturated heterocycles. The van der Waals surface area contributed by atoms with Crippen LogP contribution in [-0.2, 0) is 0 Å². The molecule has 1 aliphatic heterocycles. The highest BCUT2D eigenvalue weighted by molar-refractivity contribution is 4.87. The summed E-state index contributed by atoms with van der Waals surface area (Å²) in [6.45, 7) is 2.30. The van der Waals surface area contributed by atoms with Gasteiger partial charge in [-0.3, -0.25) is 0 Å². The maximum Gasteiger partial charge on any atom is 0.0651 e. The van der Waals surface area contributed by atoms with Gasteiger partial charge in [0.15, 0.2) is 0 Å². The van der Waals surface area contributed by atoms with Crippen LogP contribution in [0.25, 0.3) is 0 Å². The SMILES string of the molecule is OC1(CC2CCCNC2)CCCC1. The van der Waals surface area contributed by atoms with Crippen molar-refractivity contribution >= 4 is 0 Å². The summed E-state index contributed by atoms with van der Waals surface area (Å²) in [5.41, 5.74) is -0.288. The molecule has 0 radical (unpaired) electrons. The number of hydrogen-bond donors (Lipinski definition) is 2. The van der Waals surface area contributed by atoms with Gasteiger partial charge in [-0.1, -0.05) is 12.8 Å². The highest BCUT2D eigenvalue weighted by atomic mass is 16.3. The Labute approximate surface area is 80.7 Å². The highest BCUT2D eigenvalue weighted by Gasteiger charge is 2.33. The molecular weight excluding hydrogens is 162 g/mol. The summed E-state index contributed by atoms with van der Waals surface area (Å²) in [6, 6.07) is 0. The summed E-state index contributed by atoms with van der Waals surface area (Å²) in [5, 5.41) is 13.6. The molecule has 2 heteroatoms. The molecule has 0 aromatic carbocycles. The predicted molar refractivity (Wildman–Crippen MR) is 53.6 cm³/mol. The van der Waals surface area contributed by atoms with E-state index >= 15 is 0 Å². The van der Waals surface area contributed by atoms with Crippen molar-refractivity contribution in [3.05, 3.63) is 0 Å². The Morgan fingerprint density at radius 2 is 2.00 bits per heavy atom. The Bertz CT molecular complexity index is 157. The van der Waals surface area contributed by atoms with Gasteiger partial charge >= 0.3 is 0 Å². The van der Waals surface area contributed by atoms with E-state index in [1.165, 1.54) is 32.2 Å². The van der Waals surface area contributed by atoms with E-state index in [4.69, 9.17) is 0 Å². The summed E-state index contributed by atoms with van der Waals surface area (Å²) >= 11 is 0. The second-order valence-electron chi connectivity index (χ2n) is 4.85. The third-order valence-electron chi connectivity index (χ3n) is 3.60. The van der Waals surface area contributed by atoms with Crippen molar-refractivity contribution in [2.45, 2.75) is 50.5 Å². The van der Waals surface area contributed by atoms with Crippen molar-refractivity contribution < 1.29 is 5.11 Å². The molecule has 0 spiro atoms. The summed E-state index contributed by atoms with van der Waals surface area (Å²) in [7, 11) is 0. The molecule has 1 heterocycles. The molecule has 1 atom stereocenters. The molecule has 13 heavy (non-hydrogen) atoms. The third kappa shape index (κ3) is 2.44. The smallest absolute Gasteiger partial charge is 0.0651 e. The van der Waals surface area contributed by atoms with Crippen LogP contribution >= 0.6 is 0 Å². The van der Waals surface area contributed by atoms with Crippen LogP contribution < -0.4 is 5.32 Å². The van der Waals surface area contributed by atoms with Gasteiger partial charge in [0.25, 0.3) is 0 Å². The summed E-state index contributed by atoms with van der Waals surface area (Å²) in [5.74, 6) is 0.733. The molecule has 1 unspecified atom stereocenters. The zero-order valence-corrected chi connectivity index (χ0v) is 8.39. The zero-order valence-electron chi connectivity index (χ0n) is 8.39. The topological polar surface area (TPSA) is 32.3 Å². The molecule has 0 bridgehead atoms. The van der Waals surface area contributed by atoms with E-state index in [1.54, 1.807) is 0 Å². The molecule has 1 aliphatic carbocycles. The molecule has 2 aliphatic rings. The summed E-state index contributed by atoms with van der Waals surface area (Å²) in [4.78, 5) is 0. The normalized spacial score (nSPS) is 33.5. The second-order valence-corrected chi connectivity index (χ2v) is 4.85. The Morgan fingerprint density at radius 1 is 1.23 bits per heavy atom. The Morgan fingerprint density at radius 3 is 2.62 bits per heavy atom. The minimum atomic E-state index is -0.288. The number of piperidine rings is 1. The van der Waals surface area contributed by atoms with E-state index < -0.39 is 0 Å². The standard InChI is InChI=1S/C11H21NO/c13-11(5-1-2-6-11)8-10-4-3-7-12-9-10/h10,12-13H,1-9H2. The lowest BCUT2D eigenvalue weighted by atomic mass is 9.85. The lowest BCUT2D eigenvalue weighted by Crippen LogP contribution is -2.36. The summed E-state index contributed by atoms with van der Waals surface area (Å²) in [6.07, 6.45) is 8.20. The molecule has 2 N–H and O–H groups in total. The first-order chi connectivity index (χ1) is 6.29. The van der Waals surface area contributed by atoms with Gasteiger partial charge < -0.3 is 10.4 Å². The molecule has 2 nitrogen and oxygen atoms in total. The van der Waals surface area contributed by atoms with Gasteiger partial charge in [-0.15, -0.1) is 0 Å². The largest absolute Gasteiger partial charge is 0.390 e. The van der Waals surface area contributed by atoms with E-state index in [2.05, 4.69) is 5.32 Å². The second kappa shape index (κ2) is 3.97. The van der Waals surface area contributed by atoms with E-state index in [1.807, 2.05) is 0 Å². The first-order valence-electron chi connectivity index (χ1n) is 5.72. The van der Waals surface area contributed by atoms with Crippen molar-refractivity contribution in [1.82, 2.24) is 5.32 Å². The number of hydrogen-bond acceptors (Lipinski definition) is 2. The quantitative estimate of drug-likeness (QED) is 0.682. The highest BCUT2D eigenvalue weighted by Crippen LogP contribution is 2.36. The van der Waals surface area contributed by atoms with E-state index in [9.17, 15) is 5.11 Å². The van der Waals surface area contributed by atoms with Crippen LogP contribution in [0.4, 0.5) is 0 Å². The van der Waals surface area contributed by atoms with Crippen LogP contribution in [0.3, 0.4) is 0 Å². The lowest BCUT2D eigenvalue weighted by molar-refractivity contribution is 0.0186. The van der Waals surface area contributed by atoms with Crippen LogP contribution in [0.15, 0.2) is 0 Å². The lowest BCUT2D eigenvalue weighted by Gasteiger charge is -2.30. The van der Waals surface area contributed by atoms with Crippen LogP contribution in [-0.4, -0.2) is 23.8 Å². The van der Waals surface area contributed by atoms with Crippen molar-refractivity contribution in [1.29, 1.82) is 0 Å².